The highest BCUT2D eigenvalue weighted by Crippen LogP contribution is 2.41. The zero-order valence-electron chi connectivity index (χ0n) is 17.0. The number of carbonyl (C=O) groups is 2. The maximum absolute atomic E-state index is 13.3. The van der Waals surface area contributed by atoms with Crippen LogP contribution in [0, 0.1) is 5.92 Å². The second-order valence-electron chi connectivity index (χ2n) is 7.65. The van der Waals surface area contributed by atoms with E-state index in [1.807, 2.05) is 31.2 Å². The van der Waals surface area contributed by atoms with Crippen LogP contribution in [0.25, 0.3) is 0 Å². The van der Waals surface area contributed by atoms with Gasteiger partial charge in [-0.3, -0.25) is 4.90 Å². The average molecular weight is 405 g/mol. The number of rotatable bonds is 6. The number of benzene rings is 1. The molecule has 1 aliphatic heterocycles. The first-order chi connectivity index (χ1) is 13.7. The maximum atomic E-state index is 13.3. The molecule has 0 radical (unpaired) electrons. The van der Waals surface area contributed by atoms with Gasteiger partial charge in [0.05, 0.1) is 12.0 Å². The number of aryl methyl sites for hydroxylation is 1. The second kappa shape index (κ2) is 10.2. The number of carbonyl (C=O) groups excluding carboxylic acids is 2. The standard InChI is InChI=1S/C22H32N2O3S/c1-3-14-27-21(25)19-15-28-20(17-11-6-5-7-12-17)24(19)22(26)23-18-13-9-8-10-16(18)4-2/h8-10,13,17,19-20H,3-7,11-12,14-15H2,1-2H3,(H,23,26)/t19-,20-/m0/s1. The van der Waals surface area contributed by atoms with Crippen LogP contribution in [-0.4, -0.2) is 40.7 Å². The summed E-state index contributed by atoms with van der Waals surface area (Å²) < 4.78 is 5.41. The van der Waals surface area contributed by atoms with Gasteiger partial charge in [0.2, 0.25) is 0 Å². The zero-order valence-corrected chi connectivity index (χ0v) is 17.8. The van der Waals surface area contributed by atoms with Gasteiger partial charge in [-0.25, -0.2) is 9.59 Å². The Balaban J connectivity index is 1.80. The van der Waals surface area contributed by atoms with Gasteiger partial charge in [-0.15, -0.1) is 11.8 Å². The highest BCUT2D eigenvalue weighted by molar-refractivity contribution is 8.00. The first-order valence-corrected chi connectivity index (χ1v) is 11.7. The van der Waals surface area contributed by atoms with Crippen molar-refractivity contribution < 1.29 is 14.3 Å². The Morgan fingerprint density at radius 1 is 1.18 bits per heavy atom. The van der Waals surface area contributed by atoms with Crippen LogP contribution in [-0.2, 0) is 16.0 Å². The summed E-state index contributed by atoms with van der Waals surface area (Å²) in [6, 6.07) is 7.19. The Kier molecular flexibility index (Phi) is 7.65. The van der Waals surface area contributed by atoms with Crippen molar-refractivity contribution in [3.8, 4) is 0 Å². The molecule has 3 rings (SSSR count). The number of thioether (sulfide) groups is 1. The Hall–Kier alpha value is -1.69. The molecule has 154 valence electrons. The van der Waals surface area contributed by atoms with Crippen LogP contribution in [0.3, 0.4) is 0 Å². The number of hydrogen-bond donors (Lipinski definition) is 1. The summed E-state index contributed by atoms with van der Waals surface area (Å²) in [5.74, 6) is 0.800. The lowest BCUT2D eigenvalue weighted by atomic mass is 9.88. The number of hydrogen-bond acceptors (Lipinski definition) is 4. The molecule has 1 aromatic rings. The summed E-state index contributed by atoms with van der Waals surface area (Å²) in [5, 5.41) is 3.13. The number of esters is 1. The first kappa shape index (κ1) is 21.0. The van der Waals surface area contributed by atoms with Crippen molar-refractivity contribution in [2.24, 2.45) is 5.92 Å². The number of amides is 2. The first-order valence-electron chi connectivity index (χ1n) is 10.6. The van der Waals surface area contributed by atoms with Crippen LogP contribution in [0.2, 0.25) is 0 Å². The van der Waals surface area contributed by atoms with Gasteiger partial charge in [0.25, 0.3) is 0 Å². The van der Waals surface area contributed by atoms with Crippen molar-refractivity contribution >= 4 is 29.4 Å². The van der Waals surface area contributed by atoms with E-state index in [2.05, 4.69) is 12.2 Å². The monoisotopic (exact) mass is 404 g/mol. The van der Waals surface area contributed by atoms with E-state index in [0.29, 0.717) is 18.3 Å². The third kappa shape index (κ3) is 4.83. The SMILES string of the molecule is CCCOC(=O)[C@@H]1CS[C@@H](C2CCCCC2)N1C(=O)Nc1ccccc1CC. The van der Waals surface area contributed by atoms with E-state index in [9.17, 15) is 9.59 Å². The molecule has 6 heteroatoms. The largest absolute Gasteiger partial charge is 0.464 e. The Morgan fingerprint density at radius 2 is 1.93 bits per heavy atom. The van der Waals surface area contributed by atoms with E-state index >= 15 is 0 Å². The van der Waals surface area contributed by atoms with Gasteiger partial charge in [0.15, 0.2) is 0 Å². The van der Waals surface area contributed by atoms with Gasteiger partial charge < -0.3 is 10.1 Å². The van der Waals surface area contributed by atoms with Crippen LogP contribution < -0.4 is 5.32 Å². The molecule has 1 aromatic carbocycles. The van der Waals surface area contributed by atoms with Gasteiger partial charge in [0, 0.05) is 11.4 Å². The Labute approximate surface area is 172 Å². The molecule has 2 fully saturated rings. The third-order valence-electron chi connectivity index (χ3n) is 5.68. The quantitative estimate of drug-likeness (QED) is 0.674. The predicted octanol–water partition coefficient (Wildman–Crippen LogP) is 5.06. The molecule has 0 bridgehead atoms. The van der Waals surface area contributed by atoms with E-state index in [0.717, 1.165) is 36.9 Å². The normalized spacial score (nSPS) is 22.9. The van der Waals surface area contributed by atoms with Crippen LogP contribution in [0.4, 0.5) is 10.5 Å². The van der Waals surface area contributed by atoms with Gasteiger partial charge in [-0.05, 0) is 43.2 Å². The minimum atomic E-state index is -0.503. The van der Waals surface area contributed by atoms with E-state index in [1.165, 1.54) is 19.3 Å². The molecule has 1 heterocycles. The molecular formula is C22H32N2O3S. The second-order valence-corrected chi connectivity index (χ2v) is 8.80. The molecular weight excluding hydrogens is 372 g/mol. The van der Waals surface area contributed by atoms with Crippen LogP contribution in [0.1, 0.15) is 57.9 Å². The smallest absolute Gasteiger partial charge is 0.329 e. The fourth-order valence-electron chi connectivity index (χ4n) is 4.18. The summed E-state index contributed by atoms with van der Waals surface area (Å²) >= 11 is 1.74. The molecule has 1 aliphatic carbocycles. The molecule has 2 atom stereocenters. The summed E-state index contributed by atoms with van der Waals surface area (Å²) in [4.78, 5) is 27.8. The van der Waals surface area contributed by atoms with Crippen molar-refractivity contribution in [3.63, 3.8) is 0 Å². The summed E-state index contributed by atoms with van der Waals surface area (Å²) in [6.45, 7) is 4.46. The predicted molar refractivity (Wildman–Crippen MR) is 115 cm³/mol. The Morgan fingerprint density at radius 3 is 2.64 bits per heavy atom. The number of nitrogens with one attached hydrogen (secondary N) is 1. The van der Waals surface area contributed by atoms with Gasteiger partial charge in [-0.2, -0.15) is 0 Å². The number of para-hydroxylation sites is 1. The maximum Gasteiger partial charge on any atom is 0.329 e. The van der Waals surface area contributed by atoms with Crippen molar-refractivity contribution in [2.75, 3.05) is 17.7 Å². The van der Waals surface area contributed by atoms with Crippen LogP contribution >= 0.6 is 11.8 Å². The van der Waals surface area contributed by atoms with Gasteiger partial charge in [-0.1, -0.05) is 51.3 Å². The van der Waals surface area contributed by atoms with E-state index < -0.39 is 6.04 Å². The molecule has 1 N–H and O–H groups in total. The zero-order chi connectivity index (χ0) is 19.9. The van der Waals surface area contributed by atoms with Crippen LogP contribution in [0.15, 0.2) is 24.3 Å². The highest BCUT2D eigenvalue weighted by atomic mass is 32.2. The molecule has 28 heavy (non-hydrogen) atoms. The average Bonchev–Trinajstić information content (AvgIpc) is 3.18. The summed E-state index contributed by atoms with van der Waals surface area (Å²) in [6.07, 6.45) is 7.58. The van der Waals surface area contributed by atoms with E-state index in [-0.39, 0.29) is 17.4 Å². The van der Waals surface area contributed by atoms with Crippen molar-refractivity contribution in [2.45, 2.75) is 70.2 Å². The molecule has 1 saturated carbocycles. The van der Waals surface area contributed by atoms with Crippen molar-refractivity contribution in [3.05, 3.63) is 29.8 Å². The summed E-state index contributed by atoms with van der Waals surface area (Å²) in [7, 11) is 0. The van der Waals surface area contributed by atoms with E-state index in [1.54, 1.807) is 16.7 Å². The molecule has 0 aromatic heterocycles. The number of urea groups is 1. The van der Waals surface area contributed by atoms with Crippen molar-refractivity contribution in [1.29, 1.82) is 0 Å². The minimum absolute atomic E-state index is 0.0493. The van der Waals surface area contributed by atoms with Crippen LogP contribution in [0.5, 0.6) is 0 Å². The lowest BCUT2D eigenvalue weighted by molar-refractivity contribution is -0.148. The van der Waals surface area contributed by atoms with E-state index in [4.69, 9.17) is 4.74 Å². The number of ether oxygens (including phenoxy) is 1. The highest BCUT2D eigenvalue weighted by Gasteiger charge is 2.45. The molecule has 1 saturated heterocycles. The lowest BCUT2D eigenvalue weighted by Crippen LogP contribution is -2.50. The molecule has 0 spiro atoms. The fraction of sp³-hybridized carbons (Fsp3) is 0.636. The Bertz CT molecular complexity index is 676. The molecule has 2 aliphatic rings. The van der Waals surface area contributed by atoms with Gasteiger partial charge in [0.1, 0.15) is 6.04 Å². The lowest BCUT2D eigenvalue weighted by Gasteiger charge is -2.35. The third-order valence-corrected chi connectivity index (χ3v) is 7.14. The molecule has 0 unspecified atom stereocenters. The fourth-order valence-corrected chi connectivity index (χ4v) is 5.80. The van der Waals surface area contributed by atoms with Gasteiger partial charge >= 0.3 is 12.0 Å². The molecule has 5 nitrogen and oxygen atoms in total. The number of anilines is 1. The topological polar surface area (TPSA) is 58.6 Å². The minimum Gasteiger partial charge on any atom is -0.464 e. The molecule has 2 amide bonds. The summed E-state index contributed by atoms with van der Waals surface area (Å²) in [5.41, 5.74) is 1.93. The van der Waals surface area contributed by atoms with Crippen molar-refractivity contribution in [1.82, 2.24) is 4.90 Å². The number of nitrogens with zero attached hydrogens (tertiary/aromatic N) is 1.